The standard InChI is InChI=1S/C16H29N5O8/c17-6-2-1-3-11(16(28)29)21-15(27)10(4-5-13(24)25)20-12(23)7-19-14(26)9(18)8-22/h9-11,22H,1-8,17-18H2,(H,19,26)(H,20,23)(H,21,27)(H,24,25)(H,28,29)/t9-,10-,11-/m0/s1. The number of carbonyl (C=O) groups is 5. The molecule has 0 aromatic heterocycles. The van der Waals surface area contributed by atoms with Gasteiger partial charge in [-0.2, -0.15) is 0 Å². The molecule has 0 aliphatic heterocycles. The van der Waals surface area contributed by atoms with Crippen LogP contribution in [0.15, 0.2) is 0 Å². The minimum Gasteiger partial charge on any atom is -0.481 e. The number of hydrogen-bond acceptors (Lipinski definition) is 8. The summed E-state index contributed by atoms with van der Waals surface area (Å²) in [5.74, 6) is -4.96. The molecule has 0 aliphatic carbocycles. The molecule has 0 saturated heterocycles. The Morgan fingerprint density at radius 2 is 1.55 bits per heavy atom. The maximum Gasteiger partial charge on any atom is 0.326 e. The Morgan fingerprint density at radius 1 is 0.897 bits per heavy atom. The normalized spacial score (nSPS) is 13.6. The molecule has 13 nitrogen and oxygen atoms in total. The molecule has 0 fully saturated rings. The highest BCUT2D eigenvalue weighted by Crippen LogP contribution is 2.04. The Bertz CT molecular complexity index is 586. The fraction of sp³-hybridized carbons (Fsp3) is 0.688. The van der Waals surface area contributed by atoms with Crippen LogP contribution in [0.5, 0.6) is 0 Å². The molecule has 0 unspecified atom stereocenters. The van der Waals surface area contributed by atoms with Crippen molar-refractivity contribution in [2.24, 2.45) is 11.5 Å². The molecule has 3 atom stereocenters. The summed E-state index contributed by atoms with van der Waals surface area (Å²) in [5, 5.41) is 33.5. The molecule has 0 rings (SSSR count). The first kappa shape index (κ1) is 26.2. The maximum atomic E-state index is 12.4. The van der Waals surface area contributed by atoms with Gasteiger partial charge in [-0.15, -0.1) is 0 Å². The lowest BCUT2D eigenvalue weighted by atomic mass is 10.1. The maximum absolute atomic E-state index is 12.4. The first-order valence-corrected chi connectivity index (χ1v) is 9.00. The number of carboxylic acids is 2. The van der Waals surface area contributed by atoms with E-state index >= 15 is 0 Å². The number of aliphatic carboxylic acids is 2. The van der Waals surface area contributed by atoms with Crippen LogP contribution in [0.2, 0.25) is 0 Å². The minimum absolute atomic E-state index is 0.118. The summed E-state index contributed by atoms with van der Waals surface area (Å²) in [6, 6.07) is -3.77. The van der Waals surface area contributed by atoms with Gasteiger partial charge < -0.3 is 42.7 Å². The minimum atomic E-state index is -1.32. The number of carbonyl (C=O) groups excluding carboxylic acids is 3. The number of rotatable bonds is 15. The monoisotopic (exact) mass is 419 g/mol. The summed E-state index contributed by atoms with van der Waals surface area (Å²) in [7, 11) is 0. The van der Waals surface area contributed by atoms with E-state index in [-0.39, 0.29) is 12.8 Å². The van der Waals surface area contributed by atoms with Crippen molar-refractivity contribution in [1.29, 1.82) is 0 Å². The molecule has 0 heterocycles. The van der Waals surface area contributed by atoms with Gasteiger partial charge in [-0.1, -0.05) is 0 Å². The van der Waals surface area contributed by atoms with E-state index in [2.05, 4.69) is 16.0 Å². The molecular weight excluding hydrogens is 390 g/mol. The Balaban J connectivity index is 4.93. The average molecular weight is 419 g/mol. The zero-order chi connectivity index (χ0) is 22.4. The molecule has 0 spiro atoms. The van der Waals surface area contributed by atoms with Gasteiger partial charge in [0.1, 0.15) is 18.1 Å². The van der Waals surface area contributed by atoms with Gasteiger partial charge in [0.15, 0.2) is 0 Å². The fourth-order valence-corrected chi connectivity index (χ4v) is 2.19. The fourth-order valence-electron chi connectivity index (χ4n) is 2.19. The molecule has 0 aromatic carbocycles. The van der Waals surface area contributed by atoms with E-state index in [0.717, 1.165) is 0 Å². The molecule has 166 valence electrons. The lowest BCUT2D eigenvalue weighted by Crippen LogP contribution is -2.54. The van der Waals surface area contributed by atoms with Crippen molar-refractivity contribution in [3.8, 4) is 0 Å². The van der Waals surface area contributed by atoms with Crippen molar-refractivity contribution in [3.05, 3.63) is 0 Å². The van der Waals surface area contributed by atoms with E-state index in [1.807, 2.05) is 0 Å². The van der Waals surface area contributed by atoms with Crippen LogP contribution in [-0.2, 0) is 24.0 Å². The van der Waals surface area contributed by atoms with E-state index in [1.165, 1.54) is 0 Å². The van der Waals surface area contributed by atoms with Crippen LogP contribution in [0.3, 0.4) is 0 Å². The molecule has 10 N–H and O–H groups in total. The highest BCUT2D eigenvalue weighted by molar-refractivity contribution is 5.92. The summed E-state index contributed by atoms with van der Waals surface area (Å²) in [5.41, 5.74) is 10.6. The number of nitrogens with one attached hydrogen (secondary N) is 3. The van der Waals surface area contributed by atoms with Crippen LogP contribution in [-0.4, -0.2) is 82.8 Å². The number of nitrogens with two attached hydrogens (primary N) is 2. The molecule has 0 radical (unpaired) electrons. The smallest absolute Gasteiger partial charge is 0.326 e. The number of carboxylic acid groups (broad SMARTS) is 2. The summed E-state index contributed by atoms with van der Waals surface area (Å²) in [4.78, 5) is 57.9. The SMILES string of the molecule is NCCCC[C@H](NC(=O)[C@H](CCC(=O)O)NC(=O)CNC(=O)[C@@H](N)CO)C(=O)O. The van der Waals surface area contributed by atoms with Crippen molar-refractivity contribution < 1.29 is 39.3 Å². The molecule has 0 aliphatic rings. The summed E-state index contributed by atoms with van der Waals surface area (Å²) in [6.07, 6.45) is 0.399. The second-order valence-corrected chi connectivity index (χ2v) is 6.24. The number of aliphatic hydroxyl groups is 1. The molecular formula is C16H29N5O8. The molecule has 13 heteroatoms. The van der Waals surface area contributed by atoms with E-state index in [4.69, 9.17) is 21.7 Å². The van der Waals surface area contributed by atoms with E-state index in [1.54, 1.807) is 0 Å². The number of amides is 3. The van der Waals surface area contributed by atoms with Crippen molar-refractivity contribution in [2.75, 3.05) is 19.7 Å². The van der Waals surface area contributed by atoms with Crippen LogP contribution in [0.4, 0.5) is 0 Å². The summed E-state index contributed by atoms with van der Waals surface area (Å²) < 4.78 is 0. The Kier molecular flexibility index (Phi) is 12.9. The third kappa shape index (κ3) is 11.6. The van der Waals surface area contributed by atoms with Gasteiger partial charge in [-0.25, -0.2) is 4.79 Å². The molecule has 29 heavy (non-hydrogen) atoms. The van der Waals surface area contributed by atoms with Gasteiger partial charge in [0.05, 0.1) is 13.2 Å². The van der Waals surface area contributed by atoms with Crippen molar-refractivity contribution >= 4 is 29.7 Å². The Labute approximate surface area is 167 Å². The van der Waals surface area contributed by atoms with E-state index in [9.17, 15) is 29.1 Å². The number of unbranched alkanes of at least 4 members (excludes halogenated alkanes) is 1. The van der Waals surface area contributed by atoms with Gasteiger partial charge in [0.2, 0.25) is 17.7 Å². The third-order valence-electron chi connectivity index (χ3n) is 3.82. The Hall–Kier alpha value is -2.77. The molecule has 0 saturated carbocycles. The molecule has 0 aromatic rings. The zero-order valence-corrected chi connectivity index (χ0v) is 15.9. The lowest BCUT2D eigenvalue weighted by Gasteiger charge is -2.21. The number of hydrogen-bond donors (Lipinski definition) is 8. The van der Waals surface area contributed by atoms with E-state index < -0.39 is 67.4 Å². The Morgan fingerprint density at radius 3 is 2.07 bits per heavy atom. The van der Waals surface area contributed by atoms with Crippen molar-refractivity contribution in [2.45, 2.75) is 50.2 Å². The highest BCUT2D eigenvalue weighted by Gasteiger charge is 2.27. The highest BCUT2D eigenvalue weighted by atomic mass is 16.4. The van der Waals surface area contributed by atoms with Gasteiger partial charge in [-0.05, 0) is 32.2 Å². The topological polar surface area (TPSA) is 234 Å². The van der Waals surface area contributed by atoms with Crippen LogP contribution < -0.4 is 27.4 Å². The quantitative estimate of drug-likeness (QED) is 0.122. The van der Waals surface area contributed by atoms with Crippen molar-refractivity contribution in [1.82, 2.24) is 16.0 Å². The second-order valence-electron chi connectivity index (χ2n) is 6.24. The predicted octanol–water partition coefficient (Wildman–Crippen LogP) is -3.53. The van der Waals surface area contributed by atoms with Crippen LogP contribution in [0.1, 0.15) is 32.1 Å². The largest absolute Gasteiger partial charge is 0.481 e. The van der Waals surface area contributed by atoms with Crippen LogP contribution >= 0.6 is 0 Å². The third-order valence-corrected chi connectivity index (χ3v) is 3.82. The first-order valence-electron chi connectivity index (χ1n) is 9.00. The summed E-state index contributed by atoms with van der Waals surface area (Å²) >= 11 is 0. The predicted molar refractivity (Wildman–Crippen MR) is 99.3 cm³/mol. The van der Waals surface area contributed by atoms with Gasteiger partial charge in [-0.3, -0.25) is 19.2 Å². The first-order chi connectivity index (χ1) is 13.6. The molecule has 3 amide bonds. The van der Waals surface area contributed by atoms with Gasteiger partial charge >= 0.3 is 11.9 Å². The second kappa shape index (κ2) is 14.3. The number of aliphatic hydroxyl groups excluding tert-OH is 1. The average Bonchev–Trinajstić information content (AvgIpc) is 2.67. The van der Waals surface area contributed by atoms with Gasteiger partial charge in [0.25, 0.3) is 0 Å². The van der Waals surface area contributed by atoms with Crippen LogP contribution in [0.25, 0.3) is 0 Å². The van der Waals surface area contributed by atoms with Crippen LogP contribution in [0, 0.1) is 0 Å². The van der Waals surface area contributed by atoms with Gasteiger partial charge in [0, 0.05) is 6.42 Å². The molecule has 0 bridgehead atoms. The van der Waals surface area contributed by atoms with Crippen molar-refractivity contribution in [3.63, 3.8) is 0 Å². The zero-order valence-electron chi connectivity index (χ0n) is 15.9. The van der Waals surface area contributed by atoms with E-state index in [0.29, 0.717) is 19.4 Å². The summed E-state index contributed by atoms with van der Waals surface area (Å²) in [6.45, 7) is -0.830. The lowest BCUT2D eigenvalue weighted by molar-refractivity contribution is -0.143.